The third-order valence-electron chi connectivity index (χ3n) is 4.92. The van der Waals surface area contributed by atoms with Crippen molar-refractivity contribution >= 4 is 5.91 Å². The number of carbonyl (C=O) groups is 1. The largest absolute Gasteiger partial charge is 0.497 e. The zero-order valence-corrected chi connectivity index (χ0v) is 16.3. The van der Waals surface area contributed by atoms with Crippen molar-refractivity contribution in [2.24, 2.45) is 0 Å². The zero-order chi connectivity index (χ0) is 21.3. The minimum absolute atomic E-state index is 0.00341. The number of amides is 1. The van der Waals surface area contributed by atoms with Crippen molar-refractivity contribution < 1.29 is 18.3 Å². The third-order valence-corrected chi connectivity index (χ3v) is 4.92. The van der Waals surface area contributed by atoms with Crippen LogP contribution in [0.2, 0.25) is 0 Å². The summed E-state index contributed by atoms with van der Waals surface area (Å²) in [4.78, 5) is 25.0. The lowest BCUT2D eigenvalue weighted by atomic mass is 10.2. The summed E-state index contributed by atoms with van der Waals surface area (Å²) in [5.74, 6) is -1.39. The first-order valence-corrected chi connectivity index (χ1v) is 9.55. The van der Waals surface area contributed by atoms with Gasteiger partial charge >= 0.3 is 5.69 Å². The minimum atomic E-state index is -1.09. The molecule has 1 aliphatic rings. The monoisotopic (exact) mass is 414 g/mol. The first-order chi connectivity index (χ1) is 14.5. The van der Waals surface area contributed by atoms with Crippen LogP contribution in [0.4, 0.5) is 8.78 Å². The Labute approximate surface area is 170 Å². The zero-order valence-electron chi connectivity index (χ0n) is 16.3. The fourth-order valence-corrected chi connectivity index (χ4v) is 3.18. The summed E-state index contributed by atoms with van der Waals surface area (Å²) in [6, 6.07) is 10.3. The topological polar surface area (TPSA) is 78.2 Å². The van der Waals surface area contributed by atoms with Crippen LogP contribution in [0.1, 0.15) is 29.2 Å². The molecule has 1 amide bonds. The molecule has 1 fully saturated rings. The van der Waals surface area contributed by atoms with Crippen LogP contribution >= 0.6 is 0 Å². The lowest BCUT2D eigenvalue weighted by Crippen LogP contribution is -2.32. The molecule has 1 N–H and O–H groups in total. The van der Waals surface area contributed by atoms with E-state index in [1.54, 1.807) is 23.8 Å². The molecule has 30 heavy (non-hydrogen) atoms. The van der Waals surface area contributed by atoms with E-state index < -0.39 is 17.5 Å². The van der Waals surface area contributed by atoms with Crippen LogP contribution in [0.15, 0.2) is 47.3 Å². The fraction of sp³-hybridized carbons (Fsp3) is 0.286. The van der Waals surface area contributed by atoms with Crippen molar-refractivity contribution in [1.82, 2.24) is 19.7 Å². The van der Waals surface area contributed by atoms with E-state index in [2.05, 4.69) is 10.4 Å². The van der Waals surface area contributed by atoms with Crippen LogP contribution in [0.25, 0.3) is 11.4 Å². The molecule has 7 nitrogen and oxygen atoms in total. The van der Waals surface area contributed by atoms with Crippen molar-refractivity contribution in [1.29, 1.82) is 0 Å². The lowest BCUT2D eigenvalue weighted by molar-refractivity contribution is 0.0951. The molecule has 0 spiro atoms. The van der Waals surface area contributed by atoms with Gasteiger partial charge in [-0.25, -0.2) is 18.3 Å². The van der Waals surface area contributed by atoms with Gasteiger partial charge < -0.3 is 10.1 Å². The van der Waals surface area contributed by atoms with Crippen LogP contribution in [0.3, 0.4) is 0 Å². The number of halogens is 2. The average molecular weight is 414 g/mol. The van der Waals surface area contributed by atoms with Gasteiger partial charge in [0, 0.05) is 23.7 Å². The van der Waals surface area contributed by atoms with Gasteiger partial charge in [-0.1, -0.05) is 0 Å². The van der Waals surface area contributed by atoms with E-state index in [0.29, 0.717) is 11.6 Å². The Bertz CT molecular complexity index is 1130. The molecule has 2 aromatic carbocycles. The Morgan fingerprint density at radius 1 is 1.17 bits per heavy atom. The van der Waals surface area contributed by atoms with Crippen LogP contribution < -0.4 is 15.7 Å². The van der Waals surface area contributed by atoms with Gasteiger partial charge in [0.15, 0.2) is 17.5 Å². The maximum absolute atomic E-state index is 13.3. The van der Waals surface area contributed by atoms with E-state index in [1.807, 2.05) is 12.1 Å². The van der Waals surface area contributed by atoms with E-state index in [9.17, 15) is 18.4 Å². The Balaban J connectivity index is 1.49. The number of aromatic nitrogens is 3. The fourth-order valence-electron chi connectivity index (χ4n) is 3.18. The van der Waals surface area contributed by atoms with Crippen molar-refractivity contribution in [3.8, 4) is 17.1 Å². The molecule has 9 heteroatoms. The lowest BCUT2D eigenvalue weighted by Gasteiger charge is -2.05. The number of nitrogens with one attached hydrogen (secondary N) is 1. The molecule has 1 heterocycles. The van der Waals surface area contributed by atoms with Gasteiger partial charge in [-0.05, 0) is 55.3 Å². The molecule has 1 aromatic heterocycles. The molecule has 0 saturated heterocycles. The van der Waals surface area contributed by atoms with E-state index in [4.69, 9.17) is 4.74 Å². The molecule has 0 unspecified atom stereocenters. The molecule has 4 rings (SSSR count). The van der Waals surface area contributed by atoms with E-state index in [-0.39, 0.29) is 30.4 Å². The summed E-state index contributed by atoms with van der Waals surface area (Å²) in [6.45, 7) is 0.262. The number of hydrogen-bond acceptors (Lipinski definition) is 4. The Morgan fingerprint density at radius 3 is 2.53 bits per heavy atom. The quantitative estimate of drug-likeness (QED) is 0.645. The highest BCUT2D eigenvalue weighted by Crippen LogP contribution is 2.36. The number of hydrogen-bond donors (Lipinski definition) is 1. The number of benzene rings is 2. The Morgan fingerprint density at radius 2 is 1.90 bits per heavy atom. The first kappa shape index (κ1) is 19.8. The standard InChI is InChI=1S/C21H20F2N4O3/c1-30-16-7-2-13(3-8-16)19-25-26(21(29)27(19)15-5-6-15)11-10-24-20(28)14-4-9-17(22)18(23)12-14/h2-4,7-9,12,15H,5-6,10-11H2,1H3,(H,24,28). The van der Waals surface area contributed by atoms with E-state index in [0.717, 1.165) is 30.5 Å². The van der Waals surface area contributed by atoms with Gasteiger partial charge in [0.2, 0.25) is 0 Å². The van der Waals surface area contributed by atoms with Crippen molar-refractivity contribution in [2.45, 2.75) is 25.4 Å². The minimum Gasteiger partial charge on any atom is -0.497 e. The maximum Gasteiger partial charge on any atom is 0.346 e. The Kier molecular flexibility index (Phi) is 5.35. The average Bonchev–Trinajstić information content (AvgIpc) is 3.54. The SMILES string of the molecule is COc1ccc(-c2nn(CCNC(=O)c3ccc(F)c(F)c3)c(=O)n2C2CC2)cc1. The van der Waals surface area contributed by atoms with Crippen LogP contribution in [0.5, 0.6) is 5.75 Å². The van der Waals surface area contributed by atoms with Crippen LogP contribution in [0, 0.1) is 11.6 Å². The molecule has 156 valence electrons. The first-order valence-electron chi connectivity index (χ1n) is 9.55. The van der Waals surface area contributed by atoms with Gasteiger partial charge in [-0.15, -0.1) is 5.10 Å². The second-order valence-corrected chi connectivity index (χ2v) is 7.04. The van der Waals surface area contributed by atoms with E-state index >= 15 is 0 Å². The molecule has 3 aromatic rings. The van der Waals surface area contributed by atoms with Gasteiger partial charge in [0.05, 0.1) is 13.7 Å². The third kappa shape index (κ3) is 3.96. The number of methoxy groups -OCH3 is 1. The number of nitrogens with zero attached hydrogens (tertiary/aromatic N) is 3. The highest BCUT2D eigenvalue weighted by atomic mass is 19.2. The molecular formula is C21H20F2N4O3. The second-order valence-electron chi connectivity index (χ2n) is 7.04. The normalized spacial score (nSPS) is 13.3. The Hall–Kier alpha value is -3.49. The van der Waals surface area contributed by atoms with Crippen molar-refractivity contribution in [3.05, 3.63) is 70.1 Å². The highest BCUT2D eigenvalue weighted by Gasteiger charge is 2.30. The summed E-state index contributed by atoms with van der Waals surface area (Å²) in [5.41, 5.74) is 0.554. The molecular weight excluding hydrogens is 394 g/mol. The molecule has 1 saturated carbocycles. The van der Waals surface area contributed by atoms with E-state index in [1.165, 1.54) is 10.7 Å². The number of carbonyl (C=O) groups excluding carboxylic acids is 1. The molecule has 0 atom stereocenters. The van der Waals surface area contributed by atoms with Gasteiger partial charge in [-0.2, -0.15) is 0 Å². The summed E-state index contributed by atoms with van der Waals surface area (Å²) >= 11 is 0. The van der Waals surface area contributed by atoms with Gasteiger partial charge in [-0.3, -0.25) is 9.36 Å². The predicted octanol–water partition coefficient (Wildman–Crippen LogP) is 2.76. The summed E-state index contributed by atoms with van der Waals surface area (Å²) in [7, 11) is 1.58. The molecule has 0 bridgehead atoms. The predicted molar refractivity (Wildman–Crippen MR) is 105 cm³/mol. The van der Waals surface area contributed by atoms with Crippen molar-refractivity contribution in [3.63, 3.8) is 0 Å². The summed E-state index contributed by atoms with van der Waals surface area (Å²) in [5, 5.41) is 7.05. The summed E-state index contributed by atoms with van der Waals surface area (Å²) in [6.07, 6.45) is 1.84. The molecule has 0 aliphatic heterocycles. The van der Waals surface area contributed by atoms with Crippen molar-refractivity contribution in [2.75, 3.05) is 13.7 Å². The van der Waals surface area contributed by atoms with Crippen LogP contribution in [-0.4, -0.2) is 33.9 Å². The molecule has 1 aliphatic carbocycles. The van der Waals surface area contributed by atoms with Gasteiger partial charge in [0.25, 0.3) is 5.91 Å². The van der Waals surface area contributed by atoms with Gasteiger partial charge in [0.1, 0.15) is 5.75 Å². The number of rotatable bonds is 7. The second kappa shape index (κ2) is 8.10. The highest BCUT2D eigenvalue weighted by molar-refractivity contribution is 5.94. The summed E-state index contributed by atoms with van der Waals surface area (Å²) < 4.78 is 34.5. The smallest absolute Gasteiger partial charge is 0.346 e. The maximum atomic E-state index is 13.3. The molecule has 0 radical (unpaired) electrons. The van der Waals surface area contributed by atoms with Crippen LogP contribution in [-0.2, 0) is 6.54 Å². The number of ether oxygens (including phenoxy) is 1.